The molecule has 1 heteroatoms. The molecule has 1 heterocycles. The van der Waals surface area contributed by atoms with E-state index in [1.54, 1.807) is 0 Å². The Bertz CT molecular complexity index is 414. The second kappa shape index (κ2) is 3.26. The minimum atomic E-state index is -0.110. The van der Waals surface area contributed by atoms with E-state index in [4.69, 9.17) is 4.74 Å². The Morgan fingerprint density at radius 3 is 2.38 bits per heavy atom. The van der Waals surface area contributed by atoms with Gasteiger partial charge in [0, 0.05) is 16.9 Å². The summed E-state index contributed by atoms with van der Waals surface area (Å²) in [7, 11) is 0. The van der Waals surface area contributed by atoms with E-state index in [9.17, 15) is 0 Å². The van der Waals surface area contributed by atoms with E-state index < -0.39 is 0 Å². The molecule has 0 amide bonds. The molecule has 1 aliphatic heterocycles. The molecule has 1 aromatic carbocycles. The van der Waals surface area contributed by atoms with E-state index in [-0.39, 0.29) is 11.0 Å². The van der Waals surface area contributed by atoms with Crippen molar-refractivity contribution < 1.29 is 4.74 Å². The fraction of sp³-hybridized carbons (Fsp3) is 0.600. The van der Waals surface area contributed by atoms with Gasteiger partial charge in [0.25, 0.3) is 0 Å². The lowest BCUT2D eigenvalue weighted by Gasteiger charge is -2.41. The lowest BCUT2D eigenvalue weighted by molar-refractivity contribution is -0.0142. The van der Waals surface area contributed by atoms with Crippen LogP contribution >= 0.6 is 0 Å². The van der Waals surface area contributed by atoms with Crippen LogP contribution in [-0.2, 0) is 0 Å². The van der Waals surface area contributed by atoms with Crippen molar-refractivity contribution in [1.82, 2.24) is 0 Å². The van der Waals surface area contributed by atoms with Gasteiger partial charge in [0.05, 0.1) is 0 Å². The third-order valence-corrected chi connectivity index (χ3v) is 4.35. The molecule has 0 spiro atoms. The van der Waals surface area contributed by atoms with Gasteiger partial charge in [-0.05, 0) is 25.5 Å². The number of ether oxygens (including phenoxy) is 1. The molecule has 0 N–H and O–H groups in total. The maximum absolute atomic E-state index is 6.25. The quantitative estimate of drug-likeness (QED) is 0.631. The summed E-state index contributed by atoms with van der Waals surface area (Å²) >= 11 is 0. The van der Waals surface area contributed by atoms with Crippen LogP contribution < -0.4 is 4.74 Å². The van der Waals surface area contributed by atoms with Crippen LogP contribution in [0.2, 0.25) is 0 Å². The van der Waals surface area contributed by atoms with Gasteiger partial charge in [-0.2, -0.15) is 0 Å². The first-order valence-electron chi connectivity index (χ1n) is 6.06. The second-order valence-corrected chi connectivity index (χ2v) is 6.17. The lowest BCUT2D eigenvalue weighted by Crippen LogP contribution is -2.46. The number of benzene rings is 1. The Morgan fingerprint density at radius 1 is 1.25 bits per heavy atom. The van der Waals surface area contributed by atoms with Crippen LogP contribution in [0.15, 0.2) is 18.2 Å². The van der Waals surface area contributed by atoms with Gasteiger partial charge in [-0.25, -0.2) is 0 Å². The fourth-order valence-corrected chi connectivity index (χ4v) is 2.69. The Kier molecular flexibility index (Phi) is 2.34. The van der Waals surface area contributed by atoms with Crippen LogP contribution in [-0.4, -0.2) is 5.60 Å². The normalized spacial score (nSPS) is 28.8. The average Bonchev–Trinajstić information content (AvgIpc) is 2.40. The van der Waals surface area contributed by atoms with Crippen molar-refractivity contribution in [2.45, 2.75) is 53.1 Å². The van der Waals surface area contributed by atoms with Gasteiger partial charge in [-0.15, -0.1) is 0 Å². The summed E-state index contributed by atoms with van der Waals surface area (Å²) in [5.74, 6) is 1.52. The van der Waals surface area contributed by atoms with Crippen molar-refractivity contribution in [3.63, 3.8) is 0 Å². The summed E-state index contributed by atoms with van der Waals surface area (Å²) in [6.07, 6.45) is 0. The highest BCUT2D eigenvalue weighted by molar-refractivity contribution is 5.47. The maximum atomic E-state index is 6.25. The summed E-state index contributed by atoms with van der Waals surface area (Å²) < 4.78 is 6.25. The number of aryl methyl sites for hydroxylation is 1. The maximum Gasteiger partial charge on any atom is 0.124 e. The third kappa shape index (κ3) is 1.37. The Morgan fingerprint density at radius 2 is 1.88 bits per heavy atom. The predicted molar refractivity (Wildman–Crippen MR) is 68.1 cm³/mol. The summed E-state index contributed by atoms with van der Waals surface area (Å²) in [6, 6.07) is 6.35. The molecule has 0 radical (unpaired) electrons. The first kappa shape index (κ1) is 11.5. The first-order chi connectivity index (χ1) is 7.27. The van der Waals surface area contributed by atoms with Crippen molar-refractivity contribution in [1.29, 1.82) is 0 Å². The van der Waals surface area contributed by atoms with Crippen molar-refractivity contribution in [3.05, 3.63) is 29.3 Å². The summed E-state index contributed by atoms with van der Waals surface area (Å²) in [4.78, 5) is 0. The Hall–Kier alpha value is -0.980. The van der Waals surface area contributed by atoms with E-state index in [0.717, 1.165) is 5.75 Å². The van der Waals surface area contributed by atoms with Crippen molar-refractivity contribution in [2.24, 2.45) is 5.41 Å². The zero-order valence-corrected chi connectivity index (χ0v) is 11.2. The molecule has 1 nitrogen and oxygen atoms in total. The highest BCUT2D eigenvalue weighted by atomic mass is 16.5. The van der Waals surface area contributed by atoms with Crippen LogP contribution in [0.4, 0.5) is 0 Å². The molecule has 1 aromatic rings. The van der Waals surface area contributed by atoms with E-state index in [0.29, 0.717) is 5.92 Å². The van der Waals surface area contributed by atoms with E-state index in [1.807, 2.05) is 0 Å². The van der Waals surface area contributed by atoms with Crippen molar-refractivity contribution >= 4 is 0 Å². The highest BCUT2D eigenvalue weighted by Gasteiger charge is 2.50. The highest BCUT2D eigenvalue weighted by Crippen LogP contribution is 2.53. The van der Waals surface area contributed by atoms with Crippen LogP contribution in [0, 0.1) is 12.3 Å². The number of fused-ring (bicyclic) bond motifs is 1. The number of rotatable bonds is 0. The Balaban J connectivity index is 2.53. The molecule has 0 fully saturated rings. The largest absolute Gasteiger partial charge is 0.486 e. The van der Waals surface area contributed by atoms with Crippen LogP contribution in [0.3, 0.4) is 0 Å². The predicted octanol–water partition coefficient (Wildman–Crippen LogP) is 4.30. The molecule has 0 aliphatic carbocycles. The minimum absolute atomic E-state index is 0.110. The standard InChI is InChI=1S/C15H22O/c1-10-8-7-9-12-13(10)11(2)15(6,16-12)14(3,4)5/h7-9,11H,1-6H3. The minimum Gasteiger partial charge on any atom is -0.486 e. The van der Waals surface area contributed by atoms with Gasteiger partial charge < -0.3 is 4.74 Å². The van der Waals surface area contributed by atoms with Crippen LogP contribution in [0.1, 0.15) is 51.7 Å². The smallest absolute Gasteiger partial charge is 0.124 e. The SMILES string of the molecule is Cc1cccc2c1C(C)C(C)(C(C)(C)C)O2. The molecule has 0 aromatic heterocycles. The fourth-order valence-electron chi connectivity index (χ4n) is 2.69. The zero-order valence-electron chi connectivity index (χ0n) is 11.2. The monoisotopic (exact) mass is 218 g/mol. The molecule has 88 valence electrons. The molecule has 1 aliphatic rings. The van der Waals surface area contributed by atoms with E-state index >= 15 is 0 Å². The topological polar surface area (TPSA) is 9.23 Å². The molecule has 0 saturated carbocycles. The van der Waals surface area contributed by atoms with Gasteiger partial charge in [0.2, 0.25) is 0 Å². The first-order valence-corrected chi connectivity index (χ1v) is 6.06. The van der Waals surface area contributed by atoms with Crippen molar-refractivity contribution in [3.8, 4) is 5.75 Å². The molecule has 0 saturated heterocycles. The summed E-state index contributed by atoms with van der Waals surface area (Å²) in [6.45, 7) is 13.5. The summed E-state index contributed by atoms with van der Waals surface area (Å²) in [5.41, 5.74) is 2.76. The molecule has 2 atom stereocenters. The number of hydrogen-bond donors (Lipinski definition) is 0. The zero-order chi connectivity index (χ0) is 12.1. The molecule has 0 bridgehead atoms. The molecular weight excluding hydrogens is 196 g/mol. The molecule has 2 rings (SSSR count). The third-order valence-electron chi connectivity index (χ3n) is 4.35. The van der Waals surface area contributed by atoms with Gasteiger partial charge >= 0.3 is 0 Å². The Labute approximate surface area is 98.8 Å². The molecular formula is C15H22O. The molecule has 2 unspecified atom stereocenters. The van der Waals surface area contributed by atoms with Crippen molar-refractivity contribution in [2.75, 3.05) is 0 Å². The van der Waals surface area contributed by atoms with Gasteiger partial charge in [0.15, 0.2) is 0 Å². The van der Waals surface area contributed by atoms with Gasteiger partial charge in [-0.3, -0.25) is 0 Å². The van der Waals surface area contributed by atoms with E-state index in [2.05, 4.69) is 59.7 Å². The molecule has 16 heavy (non-hydrogen) atoms. The lowest BCUT2D eigenvalue weighted by atomic mass is 9.69. The van der Waals surface area contributed by atoms with E-state index in [1.165, 1.54) is 11.1 Å². The number of hydrogen-bond acceptors (Lipinski definition) is 1. The summed E-state index contributed by atoms with van der Waals surface area (Å²) in [5, 5.41) is 0. The average molecular weight is 218 g/mol. The second-order valence-electron chi connectivity index (χ2n) is 6.17. The van der Waals surface area contributed by atoms with Crippen LogP contribution in [0.5, 0.6) is 5.75 Å². The van der Waals surface area contributed by atoms with Crippen LogP contribution in [0.25, 0.3) is 0 Å². The van der Waals surface area contributed by atoms with Gasteiger partial charge in [0.1, 0.15) is 11.4 Å². The van der Waals surface area contributed by atoms with Gasteiger partial charge in [-0.1, -0.05) is 39.8 Å².